The number of nitrogens with zero attached hydrogens (tertiary/aromatic N) is 1. The molecule has 2 rings (SSSR count). The van der Waals surface area contributed by atoms with Crippen molar-refractivity contribution in [3.8, 4) is 0 Å². The first-order chi connectivity index (χ1) is 11.8. The van der Waals surface area contributed by atoms with Crippen molar-refractivity contribution in [3.05, 3.63) is 35.9 Å². The van der Waals surface area contributed by atoms with E-state index < -0.39 is 10.0 Å². The molecule has 140 valence electrons. The summed E-state index contributed by atoms with van der Waals surface area (Å²) in [6.07, 6.45) is 2.52. The lowest BCUT2D eigenvalue weighted by molar-refractivity contribution is 0.226. The van der Waals surface area contributed by atoms with Crippen molar-refractivity contribution in [2.24, 2.45) is 5.92 Å². The first-order valence-corrected chi connectivity index (χ1v) is 10.7. The highest BCUT2D eigenvalue weighted by molar-refractivity contribution is 7.88. The number of carbonyl (C=O) groups is 1. The van der Waals surface area contributed by atoms with Gasteiger partial charge in [0, 0.05) is 31.6 Å². The maximum atomic E-state index is 12.2. The van der Waals surface area contributed by atoms with Gasteiger partial charge in [-0.05, 0) is 24.3 Å². The molecule has 2 amide bonds. The summed E-state index contributed by atoms with van der Waals surface area (Å²) >= 11 is 0. The molecule has 0 aromatic heterocycles. The number of rotatable bonds is 6. The SMILES string of the molecule is CC(C)C(CNC(=O)NC1CCN(S(C)(=O)=O)CC1)c1ccccc1. The van der Waals surface area contributed by atoms with Gasteiger partial charge in [0.25, 0.3) is 0 Å². The molecular weight excluding hydrogens is 338 g/mol. The van der Waals surface area contributed by atoms with E-state index in [0.717, 1.165) is 0 Å². The summed E-state index contributed by atoms with van der Waals surface area (Å²) < 4.78 is 24.5. The third-order valence-corrected chi connectivity index (χ3v) is 6.08. The van der Waals surface area contributed by atoms with E-state index in [0.29, 0.717) is 38.4 Å². The van der Waals surface area contributed by atoms with Crippen LogP contribution in [-0.2, 0) is 10.0 Å². The normalized spacial score (nSPS) is 18.1. The van der Waals surface area contributed by atoms with E-state index in [1.165, 1.54) is 16.1 Å². The number of benzene rings is 1. The number of hydrogen-bond donors (Lipinski definition) is 2. The molecule has 25 heavy (non-hydrogen) atoms. The van der Waals surface area contributed by atoms with Crippen LogP contribution in [0.1, 0.15) is 38.2 Å². The Morgan fingerprint density at radius 3 is 2.32 bits per heavy atom. The van der Waals surface area contributed by atoms with Crippen LogP contribution in [0.2, 0.25) is 0 Å². The molecule has 0 saturated carbocycles. The van der Waals surface area contributed by atoms with Crippen LogP contribution in [0.4, 0.5) is 4.79 Å². The van der Waals surface area contributed by atoms with E-state index in [1.54, 1.807) is 0 Å². The molecule has 1 heterocycles. The van der Waals surface area contributed by atoms with Gasteiger partial charge >= 0.3 is 6.03 Å². The number of piperidine rings is 1. The standard InChI is InChI=1S/C18H29N3O3S/c1-14(2)17(15-7-5-4-6-8-15)13-19-18(22)20-16-9-11-21(12-10-16)25(3,23)24/h4-8,14,16-17H,9-13H2,1-3H3,(H2,19,20,22). The molecular formula is C18H29N3O3S. The summed E-state index contributed by atoms with van der Waals surface area (Å²) in [7, 11) is -3.13. The van der Waals surface area contributed by atoms with Gasteiger partial charge in [-0.25, -0.2) is 17.5 Å². The quantitative estimate of drug-likeness (QED) is 0.809. The van der Waals surface area contributed by atoms with Crippen molar-refractivity contribution in [3.63, 3.8) is 0 Å². The Bertz CT molecular complexity index is 653. The molecule has 0 aliphatic carbocycles. The van der Waals surface area contributed by atoms with Gasteiger partial charge in [-0.1, -0.05) is 44.2 Å². The second kappa shape index (κ2) is 8.67. The van der Waals surface area contributed by atoms with Crippen LogP contribution in [0, 0.1) is 5.92 Å². The smallest absolute Gasteiger partial charge is 0.315 e. The number of amides is 2. The molecule has 1 aliphatic rings. The highest BCUT2D eigenvalue weighted by Gasteiger charge is 2.26. The lowest BCUT2D eigenvalue weighted by Crippen LogP contribution is -2.49. The molecule has 7 heteroatoms. The molecule has 0 radical (unpaired) electrons. The Morgan fingerprint density at radius 2 is 1.80 bits per heavy atom. The fourth-order valence-electron chi connectivity index (χ4n) is 3.21. The zero-order chi connectivity index (χ0) is 18.4. The first-order valence-electron chi connectivity index (χ1n) is 8.82. The Hall–Kier alpha value is -1.60. The second-order valence-electron chi connectivity index (χ2n) is 7.05. The highest BCUT2D eigenvalue weighted by atomic mass is 32.2. The summed E-state index contributed by atoms with van der Waals surface area (Å²) in [6, 6.07) is 10.0. The Labute approximate surface area is 151 Å². The second-order valence-corrected chi connectivity index (χ2v) is 9.03. The fourth-order valence-corrected chi connectivity index (χ4v) is 4.08. The van der Waals surface area contributed by atoms with Crippen LogP contribution < -0.4 is 10.6 Å². The van der Waals surface area contributed by atoms with Crippen molar-refractivity contribution in [1.29, 1.82) is 0 Å². The third kappa shape index (κ3) is 6.01. The van der Waals surface area contributed by atoms with Crippen LogP contribution in [0.5, 0.6) is 0 Å². The van der Waals surface area contributed by atoms with Crippen LogP contribution >= 0.6 is 0 Å². The molecule has 1 aromatic rings. The molecule has 1 aliphatic heterocycles. The van der Waals surface area contributed by atoms with Gasteiger partial charge in [0.2, 0.25) is 10.0 Å². The highest BCUT2D eigenvalue weighted by Crippen LogP contribution is 2.23. The minimum absolute atomic E-state index is 0.0206. The molecule has 1 aromatic carbocycles. The molecule has 0 bridgehead atoms. The molecule has 1 unspecified atom stereocenters. The number of sulfonamides is 1. The number of hydrogen-bond acceptors (Lipinski definition) is 3. The van der Waals surface area contributed by atoms with Crippen molar-refractivity contribution in [2.45, 2.75) is 38.6 Å². The average Bonchev–Trinajstić information content (AvgIpc) is 2.55. The lowest BCUT2D eigenvalue weighted by Gasteiger charge is -2.31. The van der Waals surface area contributed by atoms with Crippen LogP contribution in [0.15, 0.2) is 30.3 Å². The van der Waals surface area contributed by atoms with Gasteiger partial charge in [-0.15, -0.1) is 0 Å². The topological polar surface area (TPSA) is 78.5 Å². The third-order valence-electron chi connectivity index (χ3n) is 4.77. The maximum Gasteiger partial charge on any atom is 0.315 e. The minimum Gasteiger partial charge on any atom is -0.338 e. The monoisotopic (exact) mass is 367 g/mol. The van der Waals surface area contributed by atoms with Crippen LogP contribution in [0.25, 0.3) is 0 Å². The summed E-state index contributed by atoms with van der Waals surface area (Å²) in [4.78, 5) is 12.2. The van der Waals surface area contributed by atoms with Gasteiger partial charge < -0.3 is 10.6 Å². The number of carbonyl (C=O) groups excluding carboxylic acids is 1. The van der Waals surface area contributed by atoms with Crippen molar-refractivity contribution in [2.75, 3.05) is 25.9 Å². The zero-order valence-corrected chi connectivity index (χ0v) is 16.1. The average molecular weight is 368 g/mol. The minimum atomic E-state index is -3.13. The Morgan fingerprint density at radius 1 is 1.20 bits per heavy atom. The van der Waals surface area contributed by atoms with Gasteiger partial charge in [-0.3, -0.25) is 0 Å². The zero-order valence-electron chi connectivity index (χ0n) is 15.2. The Balaban J connectivity index is 1.80. The molecule has 6 nitrogen and oxygen atoms in total. The van der Waals surface area contributed by atoms with E-state index >= 15 is 0 Å². The predicted octanol–water partition coefficient (Wildman–Crippen LogP) is 2.15. The molecule has 1 atom stereocenters. The summed E-state index contributed by atoms with van der Waals surface area (Å²) in [6.45, 7) is 5.80. The van der Waals surface area contributed by atoms with E-state index in [2.05, 4.69) is 36.6 Å². The van der Waals surface area contributed by atoms with Crippen molar-refractivity contribution >= 4 is 16.1 Å². The molecule has 2 N–H and O–H groups in total. The van der Waals surface area contributed by atoms with Gasteiger partial charge in [-0.2, -0.15) is 0 Å². The van der Waals surface area contributed by atoms with Crippen LogP contribution in [-0.4, -0.2) is 50.7 Å². The van der Waals surface area contributed by atoms with E-state index in [-0.39, 0.29) is 18.0 Å². The molecule has 0 spiro atoms. The van der Waals surface area contributed by atoms with E-state index in [9.17, 15) is 13.2 Å². The maximum absolute atomic E-state index is 12.2. The number of urea groups is 1. The van der Waals surface area contributed by atoms with Gasteiger partial charge in [0.05, 0.1) is 6.26 Å². The Kier molecular flexibility index (Phi) is 6.84. The van der Waals surface area contributed by atoms with E-state index in [4.69, 9.17) is 0 Å². The molecule has 1 fully saturated rings. The fraction of sp³-hybridized carbons (Fsp3) is 0.611. The number of nitrogens with one attached hydrogen (secondary N) is 2. The predicted molar refractivity (Wildman–Crippen MR) is 100.0 cm³/mol. The van der Waals surface area contributed by atoms with Crippen LogP contribution in [0.3, 0.4) is 0 Å². The largest absolute Gasteiger partial charge is 0.338 e. The summed E-state index contributed by atoms with van der Waals surface area (Å²) in [5.74, 6) is 0.680. The summed E-state index contributed by atoms with van der Waals surface area (Å²) in [5, 5.41) is 5.93. The first kappa shape index (κ1) is 19.7. The lowest BCUT2D eigenvalue weighted by atomic mass is 9.88. The van der Waals surface area contributed by atoms with Gasteiger partial charge in [0.15, 0.2) is 0 Å². The molecule has 1 saturated heterocycles. The summed E-state index contributed by atoms with van der Waals surface area (Å²) in [5.41, 5.74) is 1.22. The van der Waals surface area contributed by atoms with Gasteiger partial charge in [0.1, 0.15) is 0 Å². The van der Waals surface area contributed by atoms with E-state index in [1.807, 2.05) is 18.2 Å². The van der Waals surface area contributed by atoms with Crippen molar-refractivity contribution in [1.82, 2.24) is 14.9 Å². The van der Waals surface area contributed by atoms with Crippen molar-refractivity contribution < 1.29 is 13.2 Å².